The Labute approximate surface area is 134 Å². The number of aliphatic carboxylic acids is 1. The van der Waals surface area contributed by atoms with Crippen LogP contribution in [0.1, 0.15) is 33.1 Å². The maximum atomic E-state index is 12.4. The summed E-state index contributed by atoms with van der Waals surface area (Å²) >= 11 is 0. The molecule has 23 heavy (non-hydrogen) atoms. The molecule has 1 rings (SSSR count). The van der Waals surface area contributed by atoms with Crippen molar-refractivity contribution in [3.63, 3.8) is 0 Å². The van der Waals surface area contributed by atoms with Crippen LogP contribution in [0.15, 0.2) is 0 Å². The molecule has 1 aliphatic rings. The first-order chi connectivity index (χ1) is 10.4. The fourth-order valence-electron chi connectivity index (χ4n) is 3.41. The van der Waals surface area contributed by atoms with Gasteiger partial charge in [0.2, 0.25) is 0 Å². The zero-order chi connectivity index (χ0) is 17.8. The summed E-state index contributed by atoms with van der Waals surface area (Å²) in [5.74, 6) is -1.76. The van der Waals surface area contributed by atoms with E-state index >= 15 is 0 Å². The summed E-state index contributed by atoms with van der Waals surface area (Å²) in [4.78, 5) is 13.4. The molecule has 0 amide bonds. The smallest absolute Gasteiger partial charge is 0.451 e. The van der Waals surface area contributed by atoms with E-state index in [9.17, 15) is 23.1 Å². The van der Waals surface area contributed by atoms with Crippen molar-refractivity contribution < 1.29 is 33.1 Å². The van der Waals surface area contributed by atoms with Gasteiger partial charge in [-0.1, -0.05) is 13.3 Å². The van der Waals surface area contributed by atoms with E-state index < -0.39 is 37.0 Å². The van der Waals surface area contributed by atoms with Gasteiger partial charge in [-0.3, -0.25) is 4.79 Å². The number of alkyl halides is 3. The molecule has 3 atom stereocenters. The lowest BCUT2D eigenvalue weighted by molar-refractivity contribution is -0.150. The van der Waals surface area contributed by atoms with Gasteiger partial charge in [-0.05, 0) is 31.5 Å². The van der Waals surface area contributed by atoms with Crippen LogP contribution in [0.5, 0.6) is 0 Å². The highest BCUT2D eigenvalue weighted by Gasteiger charge is 2.48. The van der Waals surface area contributed by atoms with Crippen LogP contribution in [0, 0.1) is 17.3 Å². The minimum atomic E-state index is -4.22. The van der Waals surface area contributed by atoms with E-state index in [0.717, 1.165) is 0 Å². The molecular formula is C14H25BF3NO4. The molecule has 0 radical (unpaired) electrons. The first-order valence-electron chi connectivity index (χ1n) is 7.82. The van der Waals surface area contributed by atoms with Crippen molar-refractivity contribution in [2.75, 3.05) is 19.6 Å². The number of carboxylic acid groups (broad SMARTS) is 1. The van der Waals surface area contributed by atoms with Gasteiger partial charge in [0, 0.05) is 26.1 Å². The molecule has 2 unspecified atom stereocenters. The molecule has 0 aromatic carbocycles. The minimum Gasteiger partial charge on any atom is -0.481 e. The van der Waals surface area contributed by atoms with Crippen LogP contribution in [-0.4, -0.2) is 59.0 Å². The lowest BCUT2D eigenvalue weighted by Crippen LogP contribution is -2.36. The number of nitrogens with zero attached hydrogens (tertiary/aromatic N) is 1. The summed E-state index contributed by atoms with van der Waals surface area (Å²) in [6, 6.07) is 0. The Bertz CT molecular complexity index is 408. The van der Waals surface area contributed by atoms with Crippen molar-refractivity contribution in [2.24, 2.45) is 17.3 Å². The molecule has 9 heteroatoms. The second kappa shape index (κ2) is 7.85. The van der Waals surface area contributed by atoms with Crippen LogP contribution in [0.3, 0.4) is 0 Å². The van der Waals surface area contributed by atoms with Crippen LogP contribution in [0.2, 0.25) is 6.32 Å². The third-order valence-corrected chi connectivity index (χ3v) is 4.58. The molecule has 1 heterocycles. The Balaban J connectivity index is 2.63. The van der Waals surface area contributed by atoms with E-state index in [-0.39, 0.29) is 25.3 Å². The number of carboxylic acids is 1. The van der Waals surface area contributed by atoms with E-state index in [1.165, 1.54) is 6.92 Å². The summed E-state index contributed by atoms with van der Waals surface area (Å²) in [6.45, 7) is 3.98. The van der Waals surface area contributed by atoms with Crippen molar-refractivity contribution in [3.05, 3.63) is 0 Å². The lowest BCUT2D eigenvalue weighted by atomic mass is 9.75. The molecule has 0 bridgehead atoms. The van der Waals surface area contributed by atoms with Crippen LogP contribution in [-0.2, 0) is 4.79 Å². The van der Waals surface area contributed by atoms with Crippen molar-refractivity contribution in [2.45, 2.75) is 45.6 Å². The second-order valence-electron chi connectivity index (χ2n) is 6.95. The number of likely N-dealkylation sites (tertiary alicyclic amines) is 1. The Hall–Kier alpha value is -0.795. The Morgan fingerprint density at radius 1 is 1.43 bits per heavy atom. The fourth-order valence-corrected chi connectivity index (χ4v) is 3.41. The predicted molar refractivity (Wildman–Crippen MR) is 79.7 cm³/mol. The molecular weight excluding hydrogens is 314 g/mol. The van der Waals surface area contributed by atoms with Crippen molar-refractivity contribution in [1.29, 1.82) is 0 Å². The predicted octanol–water partition coefficient (Wildman–Crippen LogP) is 1.85. The van der Waals surface area contributed by atoms with Gasteiger partial charge in [0.05, 0.1) is 5.41 Å². The highest BCUT2D eigenvalue weighted by molar-refractivity contribution is 6.40. The molecule has 0 spiro atoms. The van der Waals surface area contributed by atoms with Crippen LogP contribution in [0.4, 0.5) is 13.2 Å². The average Bonchev–Trinajstić information content (AvgIpc) is 2.64. The normalized spacial score (nSPS) is 27.2. The topological polar surface area (TPSA) is 81.0 Å². The van der Waals surface area contributed by atoms with Crippen LogP contribution in [0.25, 0.3) is 0 Å². The van der Waals surface area contributed by atoms with E-state index in [4.69, 9.17) is 10.0 Å². The van der Waals surface area contributed by atoms with Gasteiger partial charge in [0.25, 0.3) is 0 Å². The summed E-state index contributed by atoms with van der Waals surface area (Å²) < 4.78 is 37.3. The lowest BCUT2D eigenvalue weighted by Gasteiger charge is -2.26. The quantitative estimate of drug-likeness (QED) is 0.588. The van der Waals surface area contributed by atoms with E-state index in [1.807, 2.05) is 0 Å². The largest absolute Gasteiger partial charge is 0.481 e. The zero-order valence-electron chi connectivity index (χ0n) is 13.5. The van der Waals surface area contributed by atoms with E-state index in [1.54, 1.807) is 11.8 Å². The van der Waals surface area contributed by atoms with Crippen LogP contribution >= 0.6 is 0 Å². The van der Waals surface area contributed by atoms with Gasteiger partial charge in [0.15, 0.2) is 0 Å². The Kier molecular flexibility index (Phi) is 6.91. The Morgan fingerprint density at radius 2 is 2.04 bits per heavy atom. The molecule has 134 valence electrons. The molecule has 5 nitrogen and oxygen atoms in total. The van der Waals surface area contributed by atoms with Gasteiger partial charge in [-0.2, -0.15) is 13.2 Å². The molecule has 0 aliphatic carbocycles. The van der Waals surface area contributed by atoms with Gasteiger partial charge < -0.3 is 20.1 Å². The SMILES string of the molecule is CC(CN1CC(CCCB(O)O)[C@](C)(C(=O)O)C1)CC(F)(F)F. The fraction of sp³-hybridized carbons (Fsp3) is 0.929. The number of hydrogen-bond acceptors (Lipinski definition) is 4. The minimum absolute atomic E-state index is 0.163. The molecule has 1 saturated heterocycles. The van der Waals surface area contributed by atoms with Crippen LogP contribution < -0.4 is 0 Å². The van der Waals surface area contributed by atoms with E-state index in [2.05, 4.69) is 0 Å². The Morgan fingerprint density at radius 3 is 2.52 bits per heavy atom. The molecule has 3 N–H and O–H groups in total. The van der Waals surface area contributed by atoms with Gasteiger partial charge in [0.1, 0.15) is 0 Å². The second-order valence-corrected chi connectivity index (χ2v) is 6.95. The average molecular weight is 339 g/mol. The summed E-state index contributed by atoms with van der Waals surface area (Å²) in [5.41, 5.74) is -1.02. The van der Waals surface area contributed by atoms with Gasteiger partial charge >= 0.3 is 19.3 Å². The monoisotopic (exact) mass is 339 g/mol. The standard InChI is InChI=1S/C14H25BF3NO4/c1-10(6-14(16,17)18)7-19-8-11(4-3-5-15(22)23)13(2,9-19)12(20)21/h10-11,22-23H,3-9H2,1-2H3,(H,20,21)/t10?,11?,13-/m1/s1. The zero-order valence-corrected chi connectivity index (χ0v) is 13.5. The highest BCUT2D eigenvalue weighted by Crippen LogP contribution is 2.40. The maximum Gasteiger partial charge on any atom is 0.451 e. The van der Waals surface area contributed by atoms with Gasteiger partial charge in [-0.25, -0.2) is 0 Å². The molecule has 1 fully saturated rings. The summed E-state index contributed by atoms with van der Waals surface area (Å²) in [5, 5.41) is 27.2. The molecule has 0 aromatic rings. The third kappa shape index (κ3) is 6.31. The molecule has 1 aliphatic heterocycles. The molecule has 0 saturated carbocycles. The van der Waals surface area contributed by atoms with E-state index in [0.29, 0.717) is 19.4 Å². The third-order valence-electron chi connectivity index (χ3n) is 4.58. The summed E-state index contributed by atoms with van der Waals surface area (Å²) in [7, 11) is -1.42. The number of carbonyl (C=O) groups is 1. The number of halogens is 3. The summed E-state index contributed by atoms with van der Waals surface area (Å²) in [6.07, 6.45) is -3.96. The maximum absolute atomic E-state index is 12.4. The number of hydrogen-bond donors (Lipinski definition) is 3. The number of rotatable bonds is 8. The van der Waals surface area contributed by atoms with Gasteiger partial charge in [-0.15, -0.1) is 0 Å². The molecule has 0 aromatic heterocycles. The van der Waals surface area contributed by atoms with Crippen molar-refractivity contribution in [3.8, 4) is 0 Å². The first-order valence-corrected chi connectivity index (χ1v) is 7.82. The van der Waals surface area contributed by atoms with Crippen molar-refractivity contribution >= 4 is 13.1 Å². The highest BCUT2D eigenvalue weighted by atomic mass is 19.4. The first kappa shape index (κ1) is 20.2. The van der Waals surface area contributed by atoms with Crippen molar-refractivity contribution in [1.82, 2.24) is 4.90 Å².